The third-order valence-electron chi connectivity index (χ3n) is 4.39. The van der Waals surface area contributed by atoms with Crippen molar-refractivity contribution in [2.24, 2.45) is 0 Å². The predicted molar refractivity (Wildman–Crippen MR) is 108 cm³/mol. The van der Waals surface area contributed by atoms with Crippen molar-refractivity contribution in [2.45, 2.75) is 20.4 Å². The summed E-state index contributed by atoms with van der Waals surface area (Å²) in [6.07, 6.45) is 1.59. The summed E-state index contributed by atoms with van der Waals surface area (Å²) in [4.78, 5) is 33.6. The van der Waals surface area contributed by atoms with Crippen molar-refractivity contribution in [2.75, 3.05) is 13.2 Å². The fraction of sp³-hybridized carbons (Fsp3) is 0.238. The summed E-state index contributed by atoms with van der Waals surface area (Å²) in [6.45, 7) is 4.59. The van der Waals surface area contributed by atoms with E-state index >= 15 is 0 Å². The molecular weight excluding hydrogens is 374 g/mol. The molecule has 0 spiro atoms. The van der Waals surface area contributed by atoms with Crippen LogP contribution in [0.1, 0.15) is 19.4 Å². The summed E-state index contributed by atoms with van der Waals surface area (Å²) in [5.74, 6) is 0.644. The molecule has 4 rings (SSSR count). The molecule has 0 aliphatic rings. The van der Waals surface area contributed by atoms with Gasteiger partial charge in [0.05, 0.1) is 19.8 Å². The molecule has 29 heavy (non-hydrogen) atoms. The first kappa shape index (κ1) is 18.7. The largest absolute Gasteiger partial charge is 0.494 e. The van der Waals surface area contributed by atoms with E-state index in [4.69, 9.17) is 13.9 Å². The highest BCUT2D eigenvalue weighted by atomic mass is 16.5. The Hall–Kier alpha value is -3.68. The first-order valence-electron chi connectivity index (χ1n) is 9.28. The van der Waals surface area contributed by atoms with Gasteiger partial charge in [-0.25, -0.2) is 14.8 Å². The van der Waals surface area contributed by atoms with Crippen LogP contribution < -0.4 is 20.7 Å². The molecule has 8 heteroatoms. The first-order valence-corrected chi connectivity index (χ1v) is 9.28. The fourth-order valence-corrected chi connectivity index (χ4v) is 3.19. The summed E-state index contributed by atoms with van der Waals surface area (Å²) >= 11 is 0. The van der Waals surface area contributed by atoms with Crippen molar-refractivity contribution in [3.8, 4) is 11.6 Å². The van der Waals surface area contributed by atoms with E-state index in [0.717, 1.165) is 0 Å². The van der Waals surface area contributed by atoms with Gasteiger partial charge in [-0.2, -0.15) is 0 Å². The van der Waals surface area contributed by atoms with Gasteiger partial charge in [-0.1, -0.05) is 0 Å². The maximum atomic E-state index is 13.0. The normalized spacial score (nSPS) is 11.1. The minimum absolute atomic E-state index is 0.00437. The van der Waals surface area contributed by atoms with Crippen LogP contribution in [0.3, 0.4) is 0 Å². The molecule has 0 N–H and O–H groups in total. The van der Waals surface area contributed by atoms with Crippen LogP contribution in [-0.4, -0.2) is 27.7 Å². The molecule has 0 radical (unpaired) electrons. The highest BCUT2D eigenvalue weighted by Gasteiger charge is 2.15. The van der Waals surface area contributed by atoms with Gasteiger partial charge in [-0.15, -0.1) is 0 Å². The van der Waals surface area contributed by atoms with E-state index in [-0.39, 0.29) is 12.4 Å². The molecule has 0 aliphatic heterocycles. The van der Waals surface area contributed by atoms with Gasteiger partial charge in [-0.3, -0.25) is 9.36 Å². The number of benzene rings is 1. The van der Waals surface area contributed by atoms with Crippen LogP contribution >= 0.6 is 0 Å². The van der Waals surface area contributed by atoms with Gasteiger partial charge in [-0.05, 0) is 49.7 Å². The van der Waals surface area contributed by atoms with Crippen molar-refractivity contribution in [1.82, 2.24) is 14.5 Å². The number of fused-ring (bicyclic) bond motifs is 2. The molecule has 3 aromatic heterocycles. The monoisotopic (exact) mass is 393 g/mol. The van der Waals surface area contributed by atoms with Crippen LogP contribution in [-0.2, 0) is 6.54 Å². The topological polar surface area (TPSA) is 96.5 Å². The Labute approximate surface area is 165 Å². The van der Waals surface area contributed by atoms with Gasteiger partial charge in [0.2, 0.25) is 0 Å². The average Bonchev–Trinajstić information content (AvgIpc) is 2.71. The first-order chi connectivity index (χ1) is 14.1. The zero-order valence-corrected chi connectivity index (χ0v) is 16.0. The lowest BCUT2D eigenvalue weighted by molar-refractivity contribution is 0.320. The van der Waals surface area contributed by atoms with E-state index in [1.54, 1.807) is 43.5 Å². The molecule has 0 saturated carbocycles. The minimum atomic E-state index is -0.499. The van der Waals surface area contributed by atoms with E-state index in [1.807, 2.05) is 6.92 Å². The standard InChI is InChI=1S/C21H19N3O5/c1-3-27-14-7-8-17-15(11-14)13(10-18(25)29-17)12-24-19-16(6-5-9-22-19)23-20(21(24)26)28-4-2/h5-11H,3-4,12H2,1-2H3. The number of rotatable bonds is 6. The fourth-order valence-electron chi connectivity index (χ4n) is 3.19. The lowest BCUT2D eigenvalue weighted by Crippen LogP contribution is -2.25. The van der Waals surface area contributed by atoms with Crippen molar-refractivity contribution < 1.29 is 13.9 Å². The zero-order valence-electron chi connectivity index (χ0n) is 16.0. The third-order valence-corrected chi connectivity index (χ3v) is 4.39. The van der Waals surface area contributed by atoms with E-state index in [2.05, 4.69) is 9.97 Å². The van der Waals surface area contributed by atoms with Crippen molar-refractivity contribution in [1.29, 1.82) is 0 Å². The Morgan fingerprint density at radius 1 is 1.07 bits per heavy atom. The van der Waals surface area contributed by atoms with Crippen molar-refractivity contribution >= 4 is 22.1 Å². The Balaban J connectivity index is 1.94. The third kappa shape index (κ3) is 3.56. The van der Waals surface area contributed by atoms with E-state index in [9.17, 15) is 9.59 Å². The van der Waals surface area contributed by atoms with Gasteiger partial charge in [0.1, 0.15) is 16.8 Å². The van der Waals surface area contributed by atoms with Gasteiger partial charge in [0, 0.05) is 17.6 Å². The molecule has 3 heterocycles. The quantitative estimate of drug-likeness (QED) is 0.465. The number of nitrogens with zero attached hydrogens (tertiary/aromatic N) is 3. The molecule has 0 fully saturated rings. The highest BCUT2D eigenvalue weighted by Crippen LogP contribution is 2.24. The average molecular weight is 393 g/mol. The van der Waals surface area contributed by atoms with E-state index in [0.29, 0.717) is 46.7 Å². The Kier molecular flexibility index (Phi) is 4.99. The molecular formula is C21H19N3O5. The number of hydrogen-bond acceptors (Lipinski definition) is 7. The number of pyridine rings is 1. The number of hydrogen-bond donors (Lipinski definition) is 0. The van der Waals surface area contributed by atoms with Gasteiger partial charge in [0.15, 0.2) is 5.65 Å². The minimum Gasteiger partial charge on any atom is -0.494 e. The molecule has 0 unspecified atom stereocenters. The molecule has 0 bridgehead atoms. The zero-order chi connectivity index (χ0) is 20.4. The van der Waals surface area contributed by atoms with Crippen LogP contribution in [0.4, 0.5) is 0 Å². The second-order valence-corrected chi connectivity index (χ2v) is 6.27. The van der Waals surface area contributed by atoms with Gasteiger partial charge >= 0.3 is 11.2 Å². The van der Waals surface area contributed by atoms with Crippen molar-refractivity contribution in [3.05, 3.63) is 68.9 Å². The summed E-state index contributed by atoms with van der Waals surface area (Å²) in [6, 6.07) is 10.1. The molecule has 8 nitrogen and oxygen atoms in total. The summed E-state index contributed by atoms with van der Waals surface area (Å²) in [7, 11) is 0. The molecule has 4 aromatic rings. The van der Waals surface area contributed by atoms with Crippen molar-refractivity contribution in [3.63, 3.8) is 0 Å². The Bertz CT molecular complexity index is 1310. The molecule has 1 aromatic carbocycles. The highest BCUT2D eigenvalue weighted by molar-refractivity contribution is 5.82. The number of aromatic nitrogens is 3. The molecule has 0 saturated heterocycles. The SMILES string of the molecule is CCOc1ccc2oc(=O)cc(Cn3c(=O)c(OCC)nc4cccnc43)c2c1. The number of ether oxygens (including phenoxy) is 2. The van der Waals surface area contributed by atoms with Crippen LogP contribution in [0, 0.1) is 0 Å². The summed E-state index contributed by atoms with van der Waals surface area (Å²) in [5, 5.41) is 0.682. The van der Waals surface area contributed by atoms with Gasteiger partial charge in [0.25, 0.3) is 5.88 Å². The predicted octanol–water partition coefficient (Wildman–Crippen LogP) is 2.74. The van der Waals surface area contributed by atoms with Crippen LogP contribution in [0.5, 0.6) is 11.6 Å². The van der Waals surface area contributed by atoms with Crippen LogP contribution in [0.25, 0.3) is 22.1 Å². The van der Waals surface area contributed by atoms with E-state index in [1.165, 1.54) is 10.6 Å². The Morgan fingerprint density at radius 2 is 1.90 bits per heavy atom. The lowest BCUT2D eigenvalue weighted by atomic mass is 10.1. The maximum absolute atomic E-state index is 13.0. The van der Waals surface area contributed by atoms with E-state index < -0.39 is 11.2 Å². The molecule has 0 aliphatic carbocycles. The van der Waals surface area contributed by atoms with Crippen LogP contribution in [0.2, 0.25) is 0 Å². The molecule has 148 valence electrons. The van der Waals surface area contributed by atoms with Gasteiger partial charge < -0.3 is 13.9 Å². The Morgan fingerprint density at radius 3 is 2.69 bits per heavy atom. The van der Waals surface area contributed by atoms with Crippen LogP contribution in [0.15, 0.2) is 56.6 Å². The second-order valence-electron chi connectivity index (χ2n) is 6.27. The maximum Gasteiger partial charge on any atom is 0.336 e. The molecule has 0 amide bonds. The summed E-state index contributed by atoms with van der Waals surface area (Å²) < 4.78 is 17.7. The second kappa shape index (κ2) is 7.75. The molecule has 0 atom stereocenters. The summed E-state index contributed by atoms with van der Waals surface area (Å²) in [5.41, 5.74) is 1.04. The lowest BCUT2D eigenvalue weighted by Gasteiger charge is -2.13. The smallest absolute Gasteiger partial charge is 0.336 e.